The Morgan fingerprint density at radius 1 is 1.73 bits per heavy atom. The van der Waals surface area contributed by atoms with Crippen LogP contribution in [0.3, 0.4) is 0 Å². The van der Waals surface area contributed by atoms with Crippen molar-refractivity contribution < 1.29 is 4.79 Å². The van der Waals surface area contributed by atoms with Crippen LogP contribution in [-0.4, -0.2) is 20.8 Å². The second-order valence-electron chi connectivity index (χ2n) is 2.44. The van der Waals surface area contributed by atoms with Crippen LogP contribution in [-0.2, 0) is 17.8 Å². The molecule has 11 heavy (non-hydrogen) atoms. The summed E-state index contributed by atoms with van der Waals surface area (Å²) in [5, 5.41) is 7.62. The van der Waals surface area contributed by atoms with Gasteiger partial charge in [0.1, 0.15) is 5.78 Å². The molecule has 0 aliphatic carbocycles. The lowest BCUT2D eigenvalue weighted by molar-refractivity contribution is -0.116. The lowest BCUT2D eigenvalue weighted by atomic mass is 10.2. The molecule has 4 nitrogen and oxygen atoms in total. The molecule has 0 spiro atoms. The minimum atomic E-state index is 0.119. The molecule has 0 aliphatic heterocycles. The molecule has 0 atom stereocenters. The van der Waals surface area contributed by atoms with E-state index in [1.807, 2.05) is 6.92 Å². The van der Waals surface area contributed by atoms with Gasteiger partial charge in [-0.25, -0.2) is 0 Å². The number of aryl methyl sites for hydroxylation is 1. The Kier molecular flexibility index (Phi) is 2.36. The number of carbonyl (C=O) groups excluding carboxylic acids is 1. The molecule has 1 aromatic rings. The average Bonchev–Trinajstić information content (AvgIpc) is 2.34. The molecule has 0 saturated heterocycles. The number of ketones is 1. The van der Waals surface area contributed by atoms with Gasteiger partial charge in [-0.3, -0.25) is 9.48 Å². The van der Waals surface area contributed by atoms with Crippen LogP contribution in [0.2, 0.25) is 0 Å². The highest BCUT2D eigenvalue weighted by molar-refractivity contribution is 5.77. The van der Waals surface area contributed by atoms with Crippen LogP contribution in [0.15, 0.2) is 6.20 Å². The normalized spacial score (nSPS) is 10.0. The van der Waals surface area contributed by atoms with Gasteiger partial charge < -0.3 is 0 Å². The number of aromatic nitrogens is 3. The Morgan fingerprint density at radius 2 is 2.45 bits per heavy atom. The fraction of sp³-hybridized carbons (Fsp3) is 0.571. The standard InChI is InChI=1S/C7H11N3O/c1-3-10-5-7(8-9-10)4-6(2)11/h5H,3-4H2,1-2H3. The van der Waals surface area contributed by atoms with E-state index in [0.717, 1.165) is 12.2 Å². The summed E-state index contributed by atoms with van der Waals surface area (Å²) in [4.78, 5) is 10.6. The van der Waals surface area contributed by atoms with Gasteiger partial charge in [0.05, 0.1) is 12.1 Å². The van der Waals surface area contributed by atoms with Crippen LogP contribution in [0.4, 0.5) is 0 Å². The molecule has 0 aliphatic rings. The van der Waals surface area contributed by atoms with E-state index in [9.17, 15) is 4.79 Å². The maximum absolute atomic E-state index is 10.6. The van der Waals surface area contributed by atoms with E-state index in [4.69, 9.17) is 0 Å². The summed E-state index contributed by atoms with van der Waals surface area (Å²) in [6, 6.07) is 0. The van der Waals surface area contributed by atoms with Gasteiger partial charge in [0.15, 0.2) is 0 Å². The third-order valence-corrected chi connectivity index (χ3v) is 1.34. The zero-order valence-electron chi connectivity index (χ0n) is 6.74. The van der Waals surface area contributed by atoms with Crippen LogP contribution in [0.1, 0.15) is 19.5 Å². The molecule has 60 valence electrons. The first-order valence-corrected chi connectivity index (χ1v) is 3.61. The fourth-order valence-electron chi connectivity index (χ4n) is 0.829. The van der Waals surface area contributed by atoms with E-state index in [-0.39, 0.29) is 5.78 Å². The molecule has 0 N–H and O–H groups in total. The van der Waals surface area contributed by atoms with Crippen molar-refractivity contribution in [2.75, 3.05) is 0 Å². The lowest BCUT2D eigenvalue weighted by Gasteiger charge is -1.88. The monoisotopic (exact) mass is 153 g/mol. The van der Waals surface area contributed by atoms with Crippen molar-refractivity contribution in [1.82, 2.24) is 15.0 Å². The van der Waals surface area contributed by atoms with Gasteiger partial charge in [-0.1, -0.05) is 5.21 Å². The Hall–Kier alpha value is -1.19. The summed E-state index contributed by atoms with van der Waals surface area (Å²) >= 11 is 0. The Balaban J connectivity index is 2.65. The Labute approximate surface area is 65.2 Å². The topological polar surface area (TPSA) is 47.8 Å². The average molecular weight is 153 g/mol. The van der Waals surface area contributed by atoms with E-state index in [1.165, 1.54) is 0 Å². The van der Waals surface area contributed by atoms with Crippen molar-refractivity contribution in [3.05, 3.63) is 11.9 Å². The Bertz CT molecular complexity index is 254. The molecule has 0 unspecified atom stereocenters. The molecule has 0 amide bonds. The van der Waals surface area contributed by atoms with Crippen molar-refractivity contribution in [1.29, 1.82) is 0 Å². The summed E-state index contributed by atoms with van der Waals surface area (Å²) in [7, 11) is 0. The van der Waals surface area contributed by atoms with Gasteiger partial charge in [0, 0.05) is 12.7 Å². The molecular formula is C7H11N3O. The number of hydrogen-bond donors (Lipinski definition) is 0. The van der Waals surface area contributed by atoms with Crippen LogP contribution >= 0.6 is 0 Å². The molecule has 0 fully saturated rings. The first kappa shape index (κ1) is 7.91. The van der Waals surface area contributed by atoms with Gasteiger partial charge >= 0.3 is 0 Å². The van der Waals surface area contributed by atoms with E-state index < -0.39 is 0 Å². The predicted octanol–water partition coefficient (Wildman–Crippen LogP) is 0.429. The maximum Gasteiger partial charge on any atom is 0.135 e. The molecule has 1 rings (SSSR count). The first-order valence-electron chi connectivity index (χ1n) is 3.61. The summed E-state index contributed by atoms with van der Waals surface area (Å²) in [5.74, 6) is 0.119. The number of hydrogen-bond acceptors (Lipinski definition) is 3. The third-order valence-electron chi connectivity index (χ3n) is 1.34. The molecule has 1 aromatic heterocycles. The van der Waals surface area contributed by atoms with E-state index >= 15 is 0 Å². The number of rotatable bonds is 3. The Morgan fingerprint density at radius 3 is 2.91 bits per heavy atom. The molecule has 0 radical (unpaired) electrons. The van der Waals surface area contributed by atoms with Gasteiger partial charge in [-0.2, -0.15) is 0 Å². The first-order chi connectivity index (χ1) is 5.22. The largest absolute Gasteiger partial charge is 0.300 e. The molecule has 4 heteroatoms. The summed E-state index contributed by atoms with van der Waals surface area (Å²) in [6.45, 7) is 4.32. The molecule has 0 aromatic carbocycles. The zero-order valence-corrected chi connectivity index (χ0v) is 6.74. The predicted molar refractivity (Wildman–Crippen MR) is 40.1 cm³/mol. The number of Topliss-reactive ketones (excluding diaryl/α,β-unsaturated/α-hetero) is 1. The number of carbonyl (C=O) groups is 1. The van der Waals surface area contributed by atoms with Gasteiger partial charge in [-0.15, -0.1) is 5.10 Å². The second-order valence-corrected chi connectivity index (χ2v) is 2.44. The van der Waals surface area contributed by atoms with Gasteiger partial charge in [0.25, 0.3) is 0 Å². The minimum Gasteiger partial charge on any atom is -0.300 e. The van der Waals surface area contributed by atoms with Crippen molar-refractivity contribution >= 4 is 5.78 Å². The summed E-state index contributed by atoms with van der Waals surface area (Å²) in [6.07, 6.45) is 2.18. The zero-order chi connectivity index (χ0) is 8.27. The van der Waals surface area contributed by atoms with Crippen LogP contribution in [0.25, 0.3) is 0 Å². The minimum absolute atomic E-state index is 0.119. The quantitative estimate of drug-likeness (QED) is 0.632. The number of nitrogens with zero attached hydrogens (tertiary/aromatic N) is 3. The fourth-order valence-corrected chi connectivity index (χ4v) is 0.829. The third kappa shape index (κ3) is 2.14. The van der Waals surface area contributed by atoms with Crippen molar-refractivity contribution in [2.24, 2.45) is 0 Å². The van der Waals surface area contributed by atoms with Crippen LogP contribution < -0.4 is 0 Å². The molecule has 1 heterocycles. The van der Waals surface area contributed by atoms with Crippen molar-refractivity contribution in [3.63, 3.8) is 0 Å². The van der Waals surface area contributed by atoms with Gasteiger partial charge in [0.2, 0.25) is 0 Å². The molecule has 0 bridgehead atoms. The molecular weight excluding hydrogens is 142 g/mol. The van der Waals surface area contributed by atoms with E-state index in [1.54, 1.807) is 17.8 Å². The molecule has 0 saturated carbocycles. The van der Waals surface area contributed by atoms with Crippen LogP contribution in [0, 0.1) is 0 Å². The van der Waals surface area contributed by atoms with E-state index in [2.05, 4.69) is 10.3 Å². The highest BCUT2D eigenvalue weighted by Gasteiger charge is 2.01. The highest BCUT2D eigenvalue weighted by Crippen LogP contribution is 1.94. The second kappa shape index (κ2) is 3.27. The van der Waals surface area contributed by atoms with Crippen molar-refractivity contribution in [3.8, 4) is 0 Å². The smallest absolute Gasteiger partial charge is 0.135 e. The summed E-state index contributed by atoms with van der Waals surface area (Å²) < 4.78 is 1.71. The van der Waals surface area contributed by atoms with Gasteiger partial charge in [-0.05, 0) is 13.8 Å². The maximum atomic E-state index is 10.6. The van der Waals surface area contributed by atoms with Crippen LogP contribution in [0.5, 0.6) is 0 Å². The van der Waals surface area contributed by atoms with E-state index in [0.29, 0.717) is 6.42 Å². The lowest BCUT2D eigenvalue weighted by Crippen LogP contribution is -1.96. The SMILES string of the molecule is CCn1cc(CC(C)=O)nn1. The highest BCUT2D eigenvalue weighted by atomic mass is 16.1. The summed E-state index contributed by atoms with van der Waals surface area (Å²) in [5.41, 5.74) is 0.749. The van der Waals surface area contributed by atoms with Crippen molar-refractivity contribution in [2.45, 2.75) is 26.8 Å².